The number of hydrogen-bond donors (Lipinski definition) is 0. The fourth-order valence-electron chi connectivity index (χ4n) is 1.89. The third-order valence-electron chi connectivity index (χ3n) is 2.74. The number of halogens is 1. The lowest BCUT2D eigenvalue weighted by atomic mass is 10.0. The van der Waals surface area contributed by atoms with Gasteiger partial charge >= 0.3 is 0 Å². The first-order chi connectivity index (χ1) is 8.78. The highest BCUT2D eigenvalue weighted by atomic mass is 32.1. The van der Waals surface area contributed by atoms with Gasteiger partial charge in [-0.05, 0) is 41.4 Å². The molecule has 0 N–H and O–H groups in total. The average Bonchev–Trinajstić information content (AvgIpc) is 2.86. The predicted octanol–water partition coefficient (Wildman–Crippen LogP) is 3.97. The summed E-state index contributed by atoms with van der Waals surface area (Å²) in [5.74, 6) is -0.276. The number of benzene rings is 2. The number of nitrogens with zero attached hydrogens (tertiary/aromatic N) is 2. The highest BCUT2D eigenvalue weighted by Crippen LogP contribution is 2.32. The van der Waals surface area contributed by atoms with Gasteiger partial charge in [-0.25, -0.2) is 4.39 Å². The summed E-state index contributed by atoms with van der Waals surface area (Å²) in [6, 6.07) is 12.2. The molecule has 0 aliphatic carbocycles. The highest BCUT2D eigenvalue weighted by molar-refractivity contribution is 7.13. The molecule has 1 aromatic heterocycles. The van der Waals surface area contributed by atoms with Crippen LogP contribution in [0.1, 0.15) is 5.56 Å². The SMILES string of the molecule is N#Cc1ccc(-c2cc(F)cc3cnsc23)cc1. The van der Waals surface area contributed by atoms with E-state index in [1.165, 1.54) is 23.7 Å². The predicted molar refractivity (Wildman–Crippen MR) is 69.7 cm³/mol. The van der Waals surface area contributed by atoms with Gasteiger partial charge in [0.05, 0.1) is 16.3 Å². The van der Waals surface area contributed by atoms with Crippen LogP contribution in [0.5, 0.6) is 0 Å². The van der Waals surface area contributed by atoms with Crippen LogP contribution in [0.4, 0.5) is 4.39 Å². The molecule has 0 bridgehead atoms. The van der Waals surface area contributed by atoms with Crippen LogP contribution in [0.25, 0.3) is 21.2 Å². The second-order valence-electron chi connectivity index (χ2n) is 3.89. The molecule has 86 valence electrons. The van der Waals surface area contributed by atoms with Crippen LogP contribution in [-0.2, 0) is 0 Å². The number of aromatic nitrogens is 1. The molecule has 0 atom stereocenters. The average molecular weight is 254 g/mol. The number of rotatable bonds is 1. The Morgan fingerprint density at radius 3 is 2.67 bits per heavy atom. The minimum atomic E-state index is -0.276. The molecule has 0 unspecified atom stereocenters. The maximum atomic E-state index is 13.5. The van der Waals surface area contributed by atoms with Crippen LogP contribution in [0.2, 0.25) is 0 Å². The Bertz CT molecular complexity index is 754. The summed E-state index contributed by atoms with van der Waals surface area (Å²) in [5.41, 5.74) is 2.30. The first-order valence-corrected chi connectivity index (χ1v) is 6.10. The topological polar surface area (TPSA) is 36.7 Å². The molecule has 0 fully saturated rings. The molecule has 0 spiro atoms. The standard InChI is InChI=1S/C14H7FN2S/c15-12-5-11-8-17-18-14(11)13(6-12)10-3-1-9(7-16)2-4-10/h1-6,8H. The van der Waals surface area contributed by atoms with Crippen molar-refractivity contribution >= 4 is 21.6 Å². The molecule has 0 aliphatic rings. The zero-order chi connectivity index (χ0) is 12.5. The van der Waals surface area contributed by atoms with Gasteiger partial charge in [0.2, 0.25) is 0 Å². The van der Waals surface area contributed by atoms with Crippen molar-refractivity contribution in [1.29, 1.82) is 5.26 Å². The van der Waals surface area contributed by atoms with Gasteiger partial charge < -0.3 is 0 Å². The molecule has 1 heterocycles. The summed E-state index contributed by atoms with van der Waals surface area (Å²) >= 11 is 1.35. The van der Waals surface area contributed by atoms with E-state index in [4.69, 9.17) is 5.26 Å². The first kappa shape index (κ1) is 10.9. The van der Waals surface area contributed by atoms with Crippen molar-refractivity contribution in [3.05, 3.63) is 54.0 Å². The Kier molecular flexibility index (Phi) is 2.54. The van der Waals surface area contributed by atoms with Crippen LogP contribution in [0.3, 0.4) is 0 Å². The molecule has 3 rings (SSSR count). The Balaban J connectivity index is 2.24. The maximum absolute atomic E-state index is 13.5. The smallest absolute Gasteiger partial charge is 0.124 e. The Labute approximate surface area is 107 Å². The van der Waals surface area contributed by atoms with Crippen LogP contribution < -0.4 is 0 Å². The fraction of sp³-hybridized carbons (Fsp3) is 0. The number of fused-ring (bicyclic) bond motifs is 1. The summed E-state index contributed by atoms with van der Waals surface area (Å²) in [7, 11) is 0. The van der Waals surface area contributed by atoms with Gasteiger partial charge in [-0.1, -0.05) is 12.1 Å². The van der Waals surface area contributed by atoms with Crippen molar-refractivity contribution in [1.82, 2.24) is 4.37 Å². The molecule has 4 heteroatoms. The van der Waals surface area contributed by atoms with E-state index in [1.54, 1.807) is 18.3 Å². The Hall–Kier alpha value is -2.25. The minimum Gasteiger partial charge on any atom is -0.207 e. The monoisotopic (exact) mass is 254 g/mol. The van der Waals surface area contributed by atoms with Gasteiger partial charge in [-0.3, -0.25) is 0 Å². The van der Waals surface area contributed by atoms with E-state index >= 15 is 0 Å². The second-order valence-corrected chi connectivity index (χ2v) is 4.69. The normalized spacial score (nSPS) is 10.4. The summed E-state index contributed by atoms with van der Waals surface area (Å²) in [4.78, 5) is 0. The Morgan fingerprint density at radius 1 is 1.17 bits per heavy atom. The van der Waals surface area contributed by atoms with E-state index in [0.29, 0.717) is 5.56 Å². The van der Waals surface area contributed by atoms with E-state index < -0.39 is 0 Å². The second kappa shape index (κ2) is 4.21. The Morgan fingerprint density at radius 2 is 1.94 bits per heavy atom. The van der Waals surface area contributed by atoms with Crippen LogP contribution in [0, 0.1) is 17.1 Å². The zero-order valence-corrected chi connectivity index (χ0v) is 10.0. The summed E-state index contributed by atoms with van der Waals surface area (Å²) in [6.07, 6.45) is 1.66. The molecule has 18 heavy (non-hydrogen) atoms. The minimum absolute atomic E-state index is 0.276. The van der Waals surface area contributed by atoms with E-state index in [0.717, 1.165) is 21.2 Å². The van der Waals surface area contributed by atoms with E-state index in [9.17, 15) is 4.39 Å². The lowest BCUT2D eigenvalue weighted by Gasteiger charge is -2.03. The van der Waals surface area contributed by atoms with Gasteiger partial charge in [-0.15, -0.1) is 0 Å². The van der Waals surface area contributed by atoms with Crippen molar-refractivity contribution in [2.45, 2.75) is 0 Å². The number of nitriles is 1. The quantitative estimate of drug-likeness (QED) is 0.658. The van der Waals surface area contributed by atoms with Crippen molar-refractivity contribution < 1.29 is 4.39 Å². The van der Waals surface area contributed by atoms with Crippen LogP contribution >= 0.6 is 11.5 Å². The van der Waals surface area contributed by atoms with Gasteiger partial charge in [0.25, 0.3) is 0 Å². The maximum Gasteiger partial charge on any atom is 0.124 e. The molecule has 0 amide bonds. The van der Waals surface area contributed by atoms with Crippen molar-refractivity contribution in [2.24, 2.45) is 0 Å². The molecular formula is C14H7FN2S. The summed E-state index contributed by atoms with van der Waals surface area (Å²) in [5, 5.41) is 9.57. The third kappa shape index (κ3) is 1.75. The van der Waals surface area contributed by atoms with Crippen molar-refractivity contribution in [3.63, 3.8) is 0 Å². The van der Waals surface area contributed by atoms with E-state index in [2.05, 4.69) is 10.4 Å². The third-order valence-corrected chi connectivity index (χ3v) is 3.59. The fourth-order valence-corrected chi connectivity index (χ4v) is 2.65. The first-order valence-electron chi connectivity index (χ1n) is 5.32. The van der Waals surface area contributed by atoms with Crippen LogP contribution in [0.15, 0.2) is 42.6 Å². The summed E-state index contributed by atoms with van der Waals surface area (Å²) < 4.78 is 18.6. The largest absolute Gasteiger partial charge is 0.207 e. The summed E-state index contributed by atoms with van der Waals surface area (Å²) in [6.45, 7) is 0. The van der Waals surface area contributed by atoms with Gasteiger partial charge in [0.15, 0.2) is 0 Å². The molecule has 3 aromatic rings. The molecule has 2 nitrogen and oxygen atoms in total. The van der Waals surface area contributed by atoms with E-state index in [1.807, 2.05) is 12.1 Å². The van der Waals surface area contributed by atoms with Gasteiger partial charge in [0, 0.05) is 17.1 Å². The molecule has 0 radical (unpaired) electrons. The highest BCUT2D eigenvalue weighted by Gasteiger charge is 2.08. The lowest BCUT2D eigenvalue weighted by molar-refractivity contribution is 0.630. The van der Waals surface area contributed by atoms with Crippen LogP contribution in [-0.4, -0.2) is 4.37 Å². The molecule has 0 saturated carbocycles. The molecule has 2 aromatic carbocycles. The molecule has 0 saturated heterocycles. The number of hydrogen-bond acceptors (Lipinski definition) is 3. The zero-order valence-electron chi connectivity index (χ0n) is 9.22. The van der Waals surface area contributed by atoms with Gasteiger partial charge in [-0.2, -0.15) is 9.64 Å². The van der Waals surface area contributed by atoms with Gasteiger partial charge in [0.1, 0.15) is 5.82 Å². The van der Waals surface area contributed by atoms with E-state index in [-0.39, 0.29) is 5.82 Å². The lowest BCUT2D eigenvalue weighted by Crippen LogP contribution is -1.82. The van der Waals surface area contributed by atoms with Crippen molar-refractivity contribution in [3.8, 4) is 17.2 Å². The molecular weight excluding hydrogens is 247 g/mol. The molecule has 0 aliphatic heterocycles. The van der Waals surface area contributed by atoms with Crippen molar-refractivity contribution in [2.75, 3.05) is 0 Å².